The van der Waals surface area contributed by atoms with Crippen molar-refractivity contribution in [3.8, 4) is 62.1 Å². The molecule has 0 N–H and O–H groups in total. The molecule has 0 fully saturated rings. The number of halogens is 2. The first-order valence-electron chi connectivity index (χ1n) is 19.3. The number of hydrogen-bond acceptors (Lipinski definition) is 3. The van der Waals surface area contributed by atoms with Gasteiger partial charge in [-0.2, -0.15) is 0 Å². The summed E-state index contributed by atoms with van der Waals surface area (Å²) in [5.74, 6) is 0.566. The molecule has 0 amide bonds. The van der Waals surface area contributed by atoms with Crippen molar-refractivity contribution in [1.82, 2.24) is 19.5 Å². The van der Waals surface area contributed by atoms with Crippen LogP contribution in [0.2, 0.25) is 0 Å². The average Bonchev–Trinajstić information content (AvgIpc) is 3.88. The van der Waals surface area contributed by atoms with Crippen molar-refractivity contribution in [2.45, 2.75) is 5.41 Å². The number of benzene rings is 8. The molecule has 2 aliphatic rings. The second-order valence-corrected chi connectivity index (χ2v) is 15.0. The predicted octanol–water partition coefficient (Wildman–Crippen LogP) is 12.6. The molecule has 0 radical (unpaired) electrons. The van der Waals surface area contributed by atoms with E-state index in [0.29, 0.717) is 28.6 Å². The van der Waals surface area contributed by atoms with E-state index in [1.54, 1.807) is 24.3 Å². The molecular weight excluding hydrogens is 719 g/mol. The maximum Gasteiger partial charge on any atom is 0.164 e. The van der Waals surface area contributed by atoms with Crippen LogP contribution in [0.25, 0.3) is 83.9 Å². The van der Waals surface area contributed by atoms with Crippen molar-refractivity contribution >= 4 is 21.8 Å². The molecule has 6 heteroatoms. The highest BCUT2D eigenvalue weighted by molar-refractivity contribution is 6.09. The Kier molecular flexibility index (Phi) is 6.88. The minimum atomic E-state index is -0.644. The van der Waals surface area contributed by atoms with Gasteiger partial charge >= 0.3 is 0 Å². The summed E-state index contributed by atoms with van der Waals surface area (Å²) in [6, 6.07) is 60.5. The van der Waals surface area contributed by atoms with E-state index in [9.17, 15) is 8.78 Å². The molecule has 10 aromatic rings. The zero-order valence-corrected chi connectivity index (χ0v) is 30.9. The third kappa shape index (κ3) is 4.57. The highest BCUT2D eigenvalue weighted by atomic mass is 19.1. The van der Waals surface area contributed by atoms with Gasteiger partial charge in [0.05, 0.1) is 16.4 Å². The Hall–Kier alpha value is -7.57. The van der Waals surface area contributed by atoms with E-state index in [-0.39, 0.29) is 11.6 Å². The number of fused-ring (bicyclic) bond motifs is 13. The van der Waals surface area contributed by atoms with Gasteiger partial charge in [0.1, 0.15) is 11.6 Å². The van der Waals surface area contributed by atoms with Crippen molar-refractivity contribution in [1.29, 1.82) is 0 Å². The zero-order valence-electron chi connectivity index (χ0n) is 30.9. The van der Waals surface area contributed by atoms with Gasteiger partial charge in [0.2, 0.25) is 0 Å². The van der Waals surface area contributed by atoms with Crippen LogP contribution in [0.1, 0.15) is 22.3 Å². The molecule has 12 rings (SSSR count). The Morgan fingerprint density at radius 2 is 0.776 bits per heavy atom. The van der Waals surface area contributed by atoms with E-state index in [4.69, 9.17) is 15.0 Å². The first-order chi connectivity index (χ1) is 28.6. The lowest BCUT2D eigenvalue weighted by Crippen LogP contribution is -2.26. The van der Waals surface area contributed by atoms with Crippen LogP contribution in [0, 0.1) is 11.6 Å². The number of para-hydroxylation sites is 2. The van der Waals surface area contributed by atoms with Gasteiger partial charge in [-0.25, -0.2) is 23.7 Å². The Bertz CT molecular complexity index is 3180. The lowest BCUT2D eigenvalue weighted by molar-refractivity contribution is 0.627. The third-order valence-electron chi connectivity index (χ3n) is 12.0. The van der Waals surface area contributed by atoms with Gasteiger partial charge in [-0.3, -0.25) is 0 Å². The molecule has 0 saturated heterocycles. The Balaban J connectivity index is 1.12. The summed E-state index contributed by atoms with van der Waals surface area (Å²) in [7, 11) is 0. The number of aromatic nitrogens is 4. The van der Waals surface area contributed by atoms with E-state index in [1.807, 2.05) is 0 Å². The molecule has 2 heterocycles. The lowest BCUT2D eigenvalue weighted by atomic mass is 9.70. The molecule has 0 aliphatic heterocycles. The van der Waals surface area contributed by atoms with Crippen molar-refractivity contribution in [2.24, 2.45) is 0 Å². The van der Waals surface area contributed by atoms with Crippen molar-refractivity contribution in [3.63, 3.8) is 0 Å². The lowest BCUT2D eigenvalue weighted by Gasteiger charge is -2.31. The average molecular weight is 749 g/mol. The van der Waals surface area contributed by atoms with Crippen molar-refractivity contribution < 1.29 is 8.78 Å². The third-order valence-corrected chi connectivity index (χ3v) is 12.0. The Labute approximate surface area is 332 Å². The van der Waals surface area contributed by atoms with E-state index in [2.05, 4.69) is 138 Å². The molecular formula is C52H30F2N4. The maximum atomic E-state index is 14.1. The predicted molar refractivity (Wildman–Crippen MR) is 227 cm³/mol. The molecule has 1 spiro atoms. The fourth-order valence-corrected chi connectivity index (χ4v) is 9.57. The molecule has 4 nitrogen and oxygen atoms in total. The van der Waals surface area contributed by atoms with E-state index in [0.717, 1.165) is 33.4 Å². The summed E-state index contributed by atoms with van der Waals surface area (Å²) in [6.07, 6.45) is 0. The minimum absolute atomic E-state index is 0.348. The molecule has 58 heavy (non-hydrogen) atoms. The maximum absolute atomic E-state index is 14.1. The molecule has 0 bridgehead atoms. The fourth-order valence-electron chi connectivity index (χ4n) is 9.57. The van der Waals surface area contributed by atoms with Crippen LogP contribution in [-0.4, -0.2) is 19.5 Å². The highest BCUT2D eigenvalue weighted by Gasteiger charge is 2.52. The Morgan fingerprint density at radius 3 is 1.33 bits per heavy atom. The van der Waals surface area contributed by atoms with E-state index >= 15 is 0 Å². The van der Waals surface area contributed by atoms with Crippen LogP contribution < -0.4 is 0 Å². The van der Waals surface area contributed by atoms with Crippen molar-refractivity contribution in [2.75, 3.05) is 0 Å². The van der Waals surface area contributed by atoms with Gasteiger partial charge in [-0.1, -0.05) is 103 Å². The number of hydrogen-bond donors (Lipinski definition) is 0. The molecule has 1 atom stereocenters. The van der Waals surface area contributed by atoms with Gasteiger partial charge < -0.3 is 4.57 Å². The molecule has 272 valence electrons. The minimum Gasteiger partial charge on any atom is -0.309 e. The first-order valence-corrected chi connectivity index (χ1v) is 19.3. The summed E-state index contributed by atoms with van der Waals surface area (Å²) in [5, 5.41) is 2.44. The van der Waals surface area contributed by atoms with Crippen LogP contribution in [0.4, 0.5) is 8.78 Å². The molecule has 0 saturated carbocycles. The molecule has 8 aromatic carbocycles. The largest absolute Gasteiger partial charge is 0.309 e. The first kappa shape index (κ1) is 32.7. The second kappa shape index (κ2) is 12.2. The van der Waals surface area contributed by atoms with Gasteiger partial charge in [-0.15, -0.1) is 0 Å². The summed E-state index contributed by atoms with van der Waals surface area (Å²) in [4.78, 5) is 14.8. The van der Waals surface area contributed by atoms with E-state index in [1.165, 1.54) is 68.4 Å². The normalized spacial score (nSPS) is 14.8. The van der Waals surface area contributed by atoms with Gasteiger partial charge in [0.15, 0.2) is 17.5 Å². The van der Waals surface area contributed by atoms with Crippen LogP contribution in [0.3, 0.4) is 0 Å². The number of rotatable bonds is 4. The quantitative estimate of drug-likeness (QED) is 0.180. The SMILES string of the molecule is Fc1ccc(-c2nc(-c3ccc(F)cc3)nc(-c3ccc4c(c3)C3(c5ccccc5-4)c4ccccc4-c4ccc(-n5c6ccccc6c6ccccc65)cc43)n2)cc1. The monoisotopic (exact) mass is 748 g/mol. The van der Waals surface area contributed by atoms with Crippen molar-refractivity contribution in [3.05, 3.63) is 216 Å². The second-order valence-electron chi connectivity index (χ2n) is 15.0. The molecule has 2 aliphatic carbocycles. The summed E-state index contributed by atoms with van der Waals surface area (Å²) in [6.45, 7) is 0. The summed E-state index contributed by atoms with van der Waals surface area (Å²) < 4.78 is 30.5. The van der Waals surface area contributed by atoms with Crippen LogP contribution >= 0.6 is 0 Å². The topological polar surface area (TPSA) is 43.6 Å². The number of nitrogens with zero attached hydrogens (tertiary/aromatic N) is 4. The Morgan fingerprint density at radius 1 is 0.362 bits per heavy atom. The smallest absolute Gasteiger partial charge is 0.164 e. The van der Waals surface area contributed by atoms with Gasteiger partial charge in [-0.05, 0) is 123 Å². The van der Waals surface area contributed by atoms with Gasteiger partial charge in [0.25, 0.3) is 0 Å². The van der Waals surface area contributed by atoms with Crippen LogP contribution in [0.5, 0.6) is 0 Å². The molecule has 2 aromatic heterocycles. The summed E-state index contributed by atoms with van der Waals surface area (Å²) >= 11 is 0. The molecule has 1 unspecified atom stereocenters. The zero-order chi connectivity index (χ0) is 38.5. The van der Waals surface area contributed by atoms with E-state index < -0.39 is 5.41 Å². The van der Waals surface area contributed by atoms with Crippen LogP contribution in [-0.2, 0) is 5.41 Å². The van der Waals surface area contributed by atoms with Gasteiger partial charge in [0, 0.05) is 33.2 Å². The standard InChI is InChI=1S/C52H30F2N4/c53-34-22-17-31(18-23-34)49-55-50(32-19-24-35(54)25-20-32)57-51(56-49)33-21-27-39-37-9-1-5-13-43(37)52(45(39)29-33)44-14-6-2-10-38(44)40-28-26-36(30-46(40)52)58-47-15-7-3-11-41(47)42-12-4-8-16-48(42)58/h1-30H. The van der Waals surface area contributed by atoms with Crippen LogP contribution in [0.15, 0.2) is 182 Å². The fraction of sp³-hybridized carbons (Fsp3) is 0.0192. The highest BCUT2D eigenvalue weighted by Crippen LogP contribution is 2.63. The summed E-state index contributed by atoms with van der Waals surface area (Å²) in [5.41, 5.74) is 14.4.